The Morgan fingerprint density at radius 3 is 2.45 bits per heavy atom. The van der Waals surface area contributed by atoms with E-state index in [1.165, 1.54) is 10.5 Å². The van der Waals surface area contributed by atoms with Gasteiger partial charge in [0.25, 0.3) is 0 Å². The summed E-state index contributed by atoms with van der Waals surface area (Å²) in [4.78, 5) is 10.1. The van der Waals surface area contributed by atoms with Gasteiger partial charge >= 0.3 is 0 Å². The third kappa shape index (κ3) is 3.97. The Morgan fingerprint density at radius 2 is 1.85 bits per heavy atom. The fourth-order valence-electron chi connectivity index (χ4n) is 1.87. The van der Waals surface area contributed by atoms with Gasteiger partial charge in [0.15, 0.2) is 0 Å². The third-order valence-electron chi connectivity index (χ3n) is 2.93. The van der Waals surface area contributed by atoms with E-state index in [1.807, 2.05) is 19.9 Å². The number of anilines is 1. The quantitative estimate of drug-likeness (QED) is 0.822. The van der Waals surface area contributed by atoms with Crippen LogP contribution in [0, 0.1) is 6.92 Å². The first-order chi connectivity index (χ1) is 9.58. The van der Waals surface area contributed by atoms with Crippen LogP contribution in [0.25, 0.3) is 0 Å². The van der Waals surface area contributed by atoms with E-state index in [4.69, 9.17) is 0 Å². The maximum Gasteiger partial charge on any atom is 0.223 e. The molecule has 1 aromatic carbocycles. The van der Waals surface area contributed by atoms with Crippen molar-refractivity contribution < 1.29 is 0 Å². The predicted octanol–water partition coefficient (Wildman–Crippen LogP) is 4.49. The largest absolute Gasteiger partial charge is 0.354 e. The van der Waals surface area contributed by atoms with Crippen molar-refractivity contribution in [3.05, 3.63) is 41.6 Å². The van der Waals surface area contributed by atoms with E-state index in [1.54, 1.807) is 11.8 Å². The van der Waals surface area contributed by atoms with Gasteiger partial charge in [-0.1, -0.05) is 37.7 Å². The van der Waals surface area contributed by atoms with Crippen molar-refractivity contribution in [3.63, 3.8) is 0 Å². The second kappa shape index (κ2) is 6.75. The summed E-state index contributed by atoms with van der Waals surface area (Å²) in [6.07, 6.45) is 0. The molecule has 2 aromatic rings. The molecular formula is C16H21N3S. The highest BCUT2D eigenvalue weighted by molar-refractivity contribution is 7.99. The van der Waals surface area contributed by atoms with Crippen molar-refractivity contribution >= 4 is 17.7 Å². The highest BCUT2D eigenvalue weighted by Crippen LogP contribution is 2.28. The predicted molar refractivity (Wildman–Crippen MR) is 85.6 cm³/mol. The maximum atomic E-state index is 4.52. The molecule has 1 N–H and O–H groups in total. The number of aryl methyl sites for hydroxylation is 1. The summed E-state index contributed by atoms with van der Waals surface area (Å²) in [5, 5.41) is 4.14. The second-order valence-electron chi connectivity index (χ2n) is 5.03. The summed E-state index contributed by atoms with van der Waals surface area (Å²) in [7, 11) is 0. The Morgan fingerprint density at radius 1 is 1.15 bits per heavy atom. The van der Waals surface area contributed by atoms with E-state index in [-0.39, 0.29) is 0 Å². The highest BCUT2D eigenvalue weighted by Gasteiger charge is 2.05. The van der Waals surface area contributed by atoms with E-state index >= 15 is 0 Å². The molecule has 0 bridgehead atoms. The average Bonchev–Trinajstić information content (AvgIpc) is 2.39. The lowest BCUT2D eigenvalue weighted by Crippen LogP contribution is -2.03. The minimum absolute atomic E-state index is 0.565. The third-order valence-corrected chi connectivity index (χ3v) is 3.86. The van der Waals surface area contributed by atoms with Crippen molar-refractivity contribution in [3.8, 4) is 0 Å². The van der Waals surface area contributed by atoms with Crippen molar-refractivity contribution in [2.24, 2.45) is 0 Å². The van der Waals surface area contributed by atoms with Gasteiger partial charge in [-0.15, -0.1) is 0 Å². The highest BCUT2D eigenvalue weighted by atomic mass is 32.2. The maximum absolute atomic E-state index is 4.52. The molecule has 0 aliphatic heterocycles. The molecule has 3 nitrogen and oxygen atoms in total. The fourth-order valence-corrected chi connectivity index (χ4v) is 2.75. The lowest BCUT2D eigenvalue weighted by molar-refractivity contribution is 0.865. The van der Waals surface area contributed by atoms with Crippen molar-refractivity contribution in [2.75, 3.05) is 11.9 Å². The lowest BCUT2D eigenvalue weighted by Gasteiger charge is -2.08. The van der Waals surface area contributed by atoms with E-state index in [2.05, 4.69) is 53.4 Å². The van der Waals surface area contributed by atoms with Crippen LogP contribution in [-0.4, -0.2) is 16.5 Å². The van der Waals surface area contributed by atoms with Crippen LogP contribution in [0.3, 0.4) is 0 Å². The van der Waals surface area contributed by atoms with Gasteiger partial charge in [0.2, 0.25) is 5.95 Å². The fraction of sp³-hybridized carbons (Fsp3) is 0.375. The molecule has 0 atom stereocenters. The van der Waals surface area contributed by atoms with Crippen LogP contribution < -0.4 is 5.32 Å². The van der Waals surface area contributed by atoms with E-state index in [9.17, 15) is 0 Å². The van der Waals surface area contributed by atoms with Crippen molar-refractivity contribution in [1.29, 1.82) is 0 Å². The summed E-state index contributed by atoms with van der Waals surface area (Å²) < 4.78 is 0. The Labute approximate surface area is 125 Å². The molecule has 0 radical (unpaired) electrons. The summed E-state index contributed by atoms with van der Waals surface area (Å²) in [6, 6.07) is 10.7. The van der Waals surface area contributed by atoms with E-state index in [0.29, 0.717) is 11.9 Å². The molecule has 0 spiro atoms. The zero-order valence-electron chi connectivity index (χ0n) is 12.5. The van der Waals surface area contributed by atoms with E-state index in [0.717, 1.165) is 17.3 Å². The minimum Gasteiger partial charge on any atom is -0.354 e. The van der Waals surface area contributed by atoms with Gasteiger partial charge in [-0.05, 0) is 43.5 Å². The van der Waals surface area contributed by atoms with Crippen LogP contribution in [0.1, 0.15) is 37.9 Å². The molecule has 0 amide bonds. The molecule has 0 fully saturated rings. The molecule has 0 aliphatic rings. The SMILES string of the molecule is CCNc1nc(C)cc(Sc2ccc(C(C)C)cc2)n1. The summed E-state index contributed by atoms with van der Waals surface area (Å²) in [6.45, 7) is 9.28. The first-order valence-electron chi connectivity index (χ1n) is 6.96. The smallest absolute Gasteiger partial charge is 0.223 e. The number of hydrogen-bond acceptors (Lipinski definition) is 4. The zero-order valence-corrected chi connectivity index (χ0v) is 13.3. The Hall–Kier alpha value is -1.55. The van der Waals surface area contributed by atoms with Crippen LogP contribution in [0.2, 0.25) is 0 Å². The standard InChI is InChI=1S/C16H21N3S/c1-5-17-16-18-12(4)10-15(19-16)20-14-8-6-13(7-9-14)11(2)3/h6-11H,5H2,1-4H3,(H,17,18,19). The topological polar surface area (TPSA) is 37.8 Å². The monoisotopic (exact) mass is 287 g/mol. The Kier molecular flexibility index (Phi) is 5.01. The number of nitrogens with one attached hydrogen (secondary N) is 1. The van der Waals surface area contributed by atoms with Gasteiger partial charge in [0.1, 0.15) is 5.03 Å². The summed E-state index contributed by atoms with van der Waals surface area (Å²) in [5.74, 6) is 1.27. The van der Waals surface area contributed by atoms with Crippen LogP contribution in [-0.2, 0) is 0 Å². The second-order valence-corrected chi connectivity index (χ2v) is 6.12. The molecule has 0 aliphatic carbocycles. The minimum atomic E-state index is 0.565. The Bertz CT molecular complexity index is 564. The van der Waals surface area contributed by atoms with Gasteiger partial charge < -0.3 is 5.32 Å². The van der Waals surface area contributed by atoms with Gasteiger partial charge in [0.05, 0.1) is 0 Å². The zero-order chi connectivity index (χ0) is 14.5. The number of nitrogens with zero attached hydrogens (tertiary/aromatic N) is 2. The van der Waals surface area contributed by atoms with Crippen LogP contribution in [0.15, 0.2) is 40.3 Å². The molecular weight excluding hydrogens is 266 g/mol. The first kappa shape index (κ1) is 14.9. The van der Waals surface area contributed by atoms with Crippen LogP contribution >= 0.6 is 11.8 Å². The number of aromatic nitrogens is 2. The molecule has 106 valence electrons. The van der Waals surface area contributed by atoms with Gasteiger partial charge in [0, 0.05) is 17.1 Å². The van der Waals surface area contributed by atoms with Gasteiger partial charge in [-0.25, -0.2) is 9.97 Å². The molecule has 20 heavy (non-hydrogen) atoms. The lowest BCUT2D eigenvalue weighted by atomic mass is 10.0. The number of benzene rings is 1. The van der Waals surface area contributed by atoms with Crippen LogP contribution in [0.5, 0.6) is 0 Å². The molecule has 0 unspecified atom stereocenters. The molecule has 0 saturated heterocycles. The molecule has 1 heterocycles. The van der Waals surface area contributed by atoms with Crippen molar-refractivity contribution in [1.82, 2.24) is 9.97 Å². The molecule has 4 heteroatoms. The first-order valence-corrected chi connectivity index (χ1v) is 7.77. The molecule has 2 rings (SSSR count). The summed E-state index contributed by atoms with van der Waals surface area (Å²) in [5.41, 5.74) is 2.35. The molecule has 1 aromatic heterocycles. The van der Waals surface area contributed by atoms with Crippen LogP contribution in [0.4, 0.5) is 5.95 Å². The number of hydrogen-bond donors (Lipinski definition) is 1. The van der Waals surface area contributed by atoms with Gasteiger partial charge in [-0.3, -0.25) is 0 Å². The molecule has 0 saturated carbocycles. The number of rotatable bonds is 5. The average molecular weight is 287 g/mol. The Balaban J connectivity index is 2.16. The van der Waals surface area contributed by atoms with E-state index < -0.39 is 0 Å². The van der Waals surface area contributed by atoms with Crippen molar-refractivity contribution in [2.45, 2.75) is 43.5 Å². The van der Waals surface area contributed by atoms with Gasteiger partial charge in [-0.2, -0.15) is 0 Å². The summed E-state index contributed by atoms with van der Waals surface area (Å²) >= 11 is 1.67. The normalized spacial score (nSPS) is 10.8.